The molecule has 0 unspecified atom stereocenters. The summed E-state index contributed by atoms with van der Waals surface area (Å²) in [6.45, 7) is 3.11. The van der Waals surface area contributed by atoms with E-state index in [1.165, 1.54) is 36.8 Å². The Kier molecular flexibility index (Phi) is 6.95. The van der Waals surface area contributed by atoms with Crippen molar-refractivity contribution >= 4 is 56.5 Å². The van der Waals surface area contributed by atoms with Gasteiger partial charge in [-0.3, -0.25) is 4.98 Å². The minimum Gasteiger partial charge on any atom is -0.350 e. The van der Waals surface area contributed by atoms with Gasteiger partial charge in [0.2, 0.25) is 0 Å². The van der Waals surface area contributed by atoms with E-state index < -0.39 is 21.4 Å². The summed E-state index contributed by atoms with van der Waals surface area (Å²) >= 11 is 18.9. The van der Waals surface area contributed by atoms with Gasteiger partial charge >= 0.3 is 0 Å². The number of aromatic nitrogens is 2. The van der Waals surface area contributed by atoms with Crippen LogP contribution in [-0.2, 0) is 10.0 Å². The number of halogens is 4. The number of hydrogen-bond donors (Lipinski definition) is 1. The molecule has 5 rings (SSSR count). The highest BCUT2D eigenvalue weighted by molar-refractivity contribution is 7.89. The molecule has 2 aliphatic rings. The summed E-state index contributed by atoms with van der Waals surface area (Å²) in [5.41, 5.74) is 0.856. The van der Waals surface area contributed by atoms with Crippen LogP contribution >= 0.6 is 34.8 Å². The molecule has 1 aromatic carbocycles. The number of hydrazone groups is 1. The van der Waals surface area contributed by atoms with Crippen LogP contribution in [0.4, 0.5) is 10.2 Å². The molecule has 3 aromatic rings. The van der Waals surface area contributed by atoms with Crippen molar-refractivity contribution in [2.75, 3.05) is 24.5 Å². The van der Waals surface area contributed by atoms with Crippen molar-refractivity contribution in [1.29, 1.82) is 0 Å². The summed E-state index contributed by atoms with van der Waals surface area (Å²) in [7, 11) is -3.97. The number of sulfonamides is 1. The van der Waals surface area contributed by atoms with Gasteiger partial charge in [0.25, 0.3) is 10.0 Å². The molecule has 37 heavy (non-hydrogen) atoms. The zero-order valence-corrected chi connectivity index (χ0v) is 22.7. The van der Waals surface area contributed by atoms with E-state index in [4.69, 9.17) is 34.8 Å². The summed E-state index contributed by atoms with van der Waals surface area (Å²) in [6, 6.07) is 7.66. The number of rotatable bonds is 5. The summed E-state index contributed by atoms with van der Waals surface area (Å²) in [6.07, 6.45) is 5.83. The third-order valence-corrected chi connectivity index (χ3v) is 8.51. The predicted molar refractivity (Wildman–Crippen MR) is 142 cm³/mol. The Morgan fingerprint density at radius 3 is 2.38 bits per heavy atom. The van der Waals surface area contributed by atoms with E-state index in [0.717, 1.165) is 18.4 Å². The smallest absolute Gasteiger partial charge is 0.276 e. The third kappa shape index (κ3) is 5.20. The lowest BCUT2D eigenvalue weighted by Crippen LogP contribution is -2.58. The van der Waals surface area contributed by atoms with E-state index in [9.17, 15) is 12.8 Å². The van der Waals surface area contributed by atoms with Gasteiger partial charge in [0.15, 0.2) is 17.5 Å². The maximum Gasteiger partial charge on any atom is 0.276 e. The first-order valence-corrected chi connectivity index (χ1v) is 14.0. The molecular formula is C24H22Cl3FN6O2S. The number of amidine groups is 1. The SMILES string of the molecule is Cc1ccc(S(=O)(=O)N/N=C(/c2c(Cl)cncc2Cl)N2CCN(c3ncc(Cl)cc3F)CC23CC3)cc1. The van der Waals surface area contributed by atoms with E-state index in [1.54, 1.807) is 12.1 Å². The number of pyridine rings is 2. The second-order valence-electron chi connectivity index (χ2n) is 9.08. The molecule has 1 N–H and O–H groups in total. The standard InChI is InChI=1S/C24H22Cl3FN6O2S/c1-15-2-4-17(5-3-15)37(35,36)32-31-23(21-18(26)12-29-13-19(21)27)34-9-8-33(14-24(34)6-7-24)22-20(28)10-16(25)11-30-22/h2-5,10-13,32H,6-9,14H2,1H3/b31-23-. The van der Waals surface area contributed by atoms with E-state index in [-0.39, 0.29) is 31.6 Å². The molecule has 1 saturated carbocycles. The number of piperazine rings is 1. The molecule has 1 aliphatic carbocycles. The zero-order chi connectivity index (χ0) is 26.4. The lowest BCUT2D eigenvalue weighted by Gasteiger charge is -2.44. The highest BCUT2D eigenvalue weighted by atomic mass is 35.5. The molecule has 1 aliphatic heterocycles. The Morgan fingerprint density at radius 2 is 1.76 bits per heavy atom. The molecule has 0 bridgehead atoms. The number of hydrogen-bond acceptors (Lipinski definition) is 6. The quantitative estimate of drug-likeness (QED) is 0.262. The third-order valence-electron chi connectivity index (χ3n) is 6.50. The molecule has 194 valence electrons. The van der Waals surface area contributed by atoms with Crippen molar-refractivity contribution in [3.05, 3.63) is 80.9 Å². The van der Waals surface area contributed by atoms with Gasteiger partial charge in [-0.05, 0) is 38.0 Å². The number of aryl methyl sites for hydroxylation is 1. The molecule has 0 radical (unpaired) electrons. The average Bonchev–Trinajstić information content (AvgIpc) is 3.61. The van der Waals surface area contributed by atoms with E-state index in [2.05, 4.69) is 19.9 Å². The normalized spacial score (nSPS) is 17.3. The fourth-order valence-corrected chi connectivity index (χ4v) is 5.94. The van der Waals surface area contributed by atoms with Gasteiger partial charge in [-0.15, -0.1) is 5.10 Å². The minimum absolute atomic E-state index is 0.0726. The fourth-order valence-electron chi connectivity index (χ4n) is 4.45. The Bertz CT molecular complexity index is 1460. The Labute approximate surface area is 229 Å². The van der Waals surface area contributed by atoms with Crippen LogP contribution in [0.5, 0.6) is 0 Å². The Hall–Kier alpha value is -2.66. The molecule has 1 saturated heterocycles. The Morgan fingerprint density at radius 1 is 1.08 bits per heavy atom. The summed E-state index contributed by atoms with van der Waals surface area (Å²) in [4.78, 5) is 14.5. The molecule has 8 nitrogen and oxygen atoms in total. The molecule has 2 aromatic heterocycles. The lowest BCUT2D eigenvalue weighted by atomic mass is 10.1. The predicted octanol–water partition coefficient (Wildman–Crippen LogP) is 4.88. The van der Waals surface area contributed by atoms with Crippen molar-refractivity contribution in [2.24, 2.45) is 5.10 Å². The van der Waals surface area contributed by atoms with E-state index in [1.807, 2.05) is 16.7 Å². The van der Waals surface area contributed by atoms with Crippen molar-refractivity contribution in [1.82, 2.24) is 19.7 Å². The van der Waals surface area contributed by atoms with Gasteiger partial charge in [0.1, 0.15) is 0 Å². The fraction of sp³-hybridized carbons (Fsp3) is 0.292. The maximum absolute atomic E-state index is 14.6. The van der Waals surface area contributed by atoms with Crippen LogP contribution in [0.25, 0.3) is 0 Å². The highest BCUT2D eigenvalue weighted by Crippen LogP contribution is 2.46. The molecule has 1 spiro atoms. The molecule has 13 heteroatoms. The van der Waals surface area contributed by atoms with Gasteiger partial charge < -0.3 is 9.80 Å². The van der Waals surface area contributed by atoms with Gasteiger partial charge in [-0.2, -0.15) is 13.2 Å². The van der Waals surface area contributed by atoms with Crippen LogP contribution in [0.2, 0.25) is 15.1 Å². The van der Waals surface area contributed by atoms with Crippen LogP contribution in [0, 0.1) is 12.7 Å². The second kappa shape index (κ2) is 9.90. The van der Waals surface area contributed by atoms with Crippen molar-refractivity contribution in [3.8, 4) is 0 Å². The van der Waals surface area contributed by atoms with Crippen LogP contribution in [0.15, 0.2) is 58.9 Å². The molecule has 3 heterocycles. The lowest BCUT2D eigenvalue weighted by molar-refractivity contribution is 0.258. The van der Waals surface area contributed by atoms with Gasteiger partial charge in [0, 0.05) is 38.2 Å². The number of nitrogens with zero attached hydrogens (tertiary/aromatic N) is 5. The summed E-state index contributed by atoms with van der Waals surface area (Å²) < 4.78 is 40.7. The largest absolute Gasteiger partial charge is 0.350 e. The first kappa shape index (κ1) is 26.0. The molecule has 0 amide bonds. The minimum atomic E-state index is -3.97. The van der Waals surface area contributed by atoms with E-state index in [0.29, 0.717) is 25.2 Å². The first-order valence-electron chi connectivity index (χ1n) is 11.4. The topological polar surface area (TPSA) is 90.8 Å². The van der Waals surface area contributed by atoms with Gasteiger partial charge in [-0.1, -0.05) is 52.5 Å². The van der Waals surface area contributed by atoms with Crippen LogP contribution in [0.3, 0.4) is 0 Å². The first-order chi connectivity index (χ1) is 17.6. The van der Waals surface area contributed by atoms with Gasteiger partial charge in [-0.25, -0.2) is 9.37 Å². The molecular weight excluding hydrogens is 562 g/mol. The van der Waals surface area contributed by atoms with E-state index >= 15 is 0 Å². The van der Waals surface area contributed by atoms with Crippen molar-refractivity contribution in [3.63, 3.8) is 0 Å². The van der Waals surface area contributed by atoms with Crippen LogP contribution < -0.4 is 9.73 Å². The summed E-state index contributed by atoms with van der Waals surface area (Å²) in [5.74, 6) is -0.0136. The second-order valence-corrected chi connectivity index (χ2v) is 12.0. The van der Waals surface area contributed by atoms with Crippen molar-refractivity contribution < 1.29 is 12.8 Å². The number of benzene rings is 1. The monoisotopic (exact) mass is 582 g/mol. The number of anilines is 1. The maximum atomic E-state index is 14.6. The van der Waals surface area contributed by atoms with Crippen molar-refractivity contribution in [2.45, 2.75) is 30.2 Å². The van der Waals surface area contributed by atoms with Crippen LogP contribution in [-0.4, -0.2) is 54.3 Å². The summed E-state index contributed by atoms with van der Waals surface area (Å²) in [5, 5.41) is 5.03. The van der Waals surface area contributed by atoms with Gasteiger partial charge in [0.05, 0.1) is 31.1 Å². The van der Waals surface area contributed by atoms with Crippen LogP contribution in [0.1, 0.15) is 24.0 Å². The zero-order valence-electron chi connectivity index (χ0n) is 19.6. The highest BCUT2D eigenvalue weighted by Gasteiger charge is 2.53. The average molecular weight is 584 g/mol. The number of nitrogens with one attached hydrogen (secondary N) is 1. The molecule has 0 atom stereocenters. The molecule has 2 fully saturated rings. The Balaban J connectivity index is 1.51.